The van der Waals surface area contributed by atoms with Crippen LogP contribution in [0.5, 0.6) is 0 Å². The number of hydrogen-bond acceptors (Lipinski definition) is 4. The van der Waals surface area contributed by atoms with Crippen molar-refractivity contribution in [1.29, 1.82) is 0 Å². The Morgan fingerprint density at radius 2 is 2.25 bits per heavy atom. The third-order valence-electron chi connectivity index (χ3n) is 1.74. The lowest BCUT2D eigenvalue weighted by molar-refractivity contribution is 0.0520. The standard InChI is InChI=1S/C9H15N3O2.C2H6/c1-3-14-9(13)8-6-12(7-11-8)5-4-10-2;1-2/h6-7,10H,3-5H2,1-2H3;1-2H3. The number of esters is 1. The Morgan fingerprint density at radius 3 is 2.81 bits per heavy atom. The number of imidazole rings is 1. The third-order valence-corrected chi connectivity index (χ3v) is 1.74. The van der Waals surface area contributed by atoms with Crippen LogP contribution in [0.25, 0.3) is 0 Å². The zero-order valence-electron chi connectivity index (χ0n) is 10.5. The third kappa shape index (κ3) is 4.93. The van der Waals surface area contributed by atoms with E-state index in [9.17, 15) is 4.79 Å². The van der Waals surface area contributed by atoms with Gasteiger partial charge in [0, 0.05) is 19.3 Å². The molecule has 1 aromatic heterocycles. The molecule has 0 saturated heterocycles. The van der Waals surface area contributed by atoms with Gasteiger partial charge in [-0.2, -0.15) is 0 Å². The van der Waals surface area contributed by atoms with Crippen molar-refractivity contribution in [2.24, 2.45) is 0 Å². The minimum Gasteiger partial charge on any atom is -0.461 e. The molecule has 0 aliphatic heterocycles. The summed E-state index contributed by atoms with van der Waals surface area (Å²) in [6.45, 7) is 7.79. The van der Waals surface area contributed by atoms with Gasteiger partial charge in [0.05, 0.1) is 12.9 Å². The number of hydrogen-bond donors (Lipinski definition) is 1. The first-order chi connectivity index (χ1) is 7.77. The number of carbonyl (C=O) groups is 1. The largest absolute Gasteiger partial charge is 0.461 e. The SMILES string of the molecule is CC.CCOC(=O)c1cn(CCNC)cn1. The number of nitrogens with one attached hydrogen (secondary N) is 1. The second kappa shape index (κ2) is 8.91. The average Bonchev–Trinajstić information content (AvgIpc) is 2.78. The molecule has 0 unspecified atom stereocenters. The Hall–Kier alpha value is -1.36. The van der Waals surface area contributed by atoms with Gasteiger partial charge < -0.3 is 14.6 Å². The zero-order chi connectivity index (χ0) is 12.4. The molecule has 1 rings (SSSR count). The highest BCUT2D eigenvalue weighted by Crippen LogP contribution is 1.98. The zero-order valence-corrected chi connectivity index (χ0v) is 10.5. The van der Waals surface area contributed by atoms with Crippen LogP contribution >= 0.6 is 0 Å². The summed E-state index contributed by atoms with van der Waals surface area (Å²) in [6.07, 6.45) is 3.32. The molecule has 5 nitrogen and oxygen atoms in total. The summed E-state index contributed by atoms with van der Waals surface area (Å²) in [5.41, 5.74) is 0.364. The molecule has 0 aliphatic carbocycles. The van der Waals surface area contributed by atoms with Gasteiger partial charge in [-0.1, -0.05) is 13.8 Å². The van der Waals surface area contributed by atoms with Crippen molar-refractivity contribution in [1.82, 2.24) is 14.9 Å². The molecular weight excluding hydrogens is 206 g/mol. The van der Waals surface area contributed by atoms with E-state index < -0.39 is 0 Å². The van der Waals surface area contributed by atoms with Crippen molar-refractivity contribution >= 4 is 5.97 Å². The Balaban J connectivity index is 0.00000106. The topological polar surface area (TPSA) is 56.1 Å². The molecule has 1 aromatic rings. The van der Waals surface area contributed by atoms with Crippen LogP contribution in [0, 0.1) is 0 Å². The molecular formula is C11H21N3O2. The lowest BCUT2D eigenvalue weighted by Gasteiger charge is -1.99. The summed E-state index contributed by atoms with van der Waals surface area (Å²) < 4.78 is 6.67. The summed E-state index contributed by atoms with van der Waals surface area (Å²) in [5.74, 6) is -0.365. The maximum Gasteiger partial charge on any atom is 0.358 e. The molecule has 0 atom stereocenters. The molecule has 16 heavy (non-hydrogen) atoms. The van der Waals surface area contributed by atoms with Crippen LogP contribution in [-0.2, 0) is 11.3 Å². The lowest BCUT2D eigenvalue weighted by atomic mass is 10.5. The van der Waals surface area contributed by atoms with Gasteiger partial charge >= 0.3 is 5.97 Å². The molecule has 0 amide bonds. The van der Waals surface area contributed by atoms with Crippen LogP contribution in [0.4, 0.5) is 0 Å². The van der Waals surface area contributed by atoms with E-state index in [2.05, 4.69) is 10.3 Å². The van der Waals surface area contributed by atoms with Gasteiger partial charge in [-0.05, 0) is 14.0 Å². The molecule has 1 N–H and O–H groups in total. The number of rotatable bonds is 5. The van der Waals surface area contributed by atoms with Gasteiger partial charge in [0.25, 0.3) is 0 Å². The smallest absolute Gasteiger partial charge is 0.358 e. The van der Waals surface area contributed by atoms with Gasteiger partial charge in [-0.15, -0.1) is 0 Å². The van der Waals surface area contributed by atoms with E-state index in [1.807, 2.05) is 25.5 Å². The fourth-order valence-corrected chi connectivity index (χ4v) is 1.03. The Morgan fingerprint density at radius 1 is 1.56 bits per heavy atom. The monoisotopic (exact) mass is 227 g/mol. The Labute approximate surface area is 96.8 Å². The maximum atomic E-state index is 11.2. The average molecular weight is 227 g/mol. The predicted molar refractivity (Wildman–Crippen MR) is 63.5 cm³/mol. The van der Waals surface area contributed by atoms with E-state index >= 15 is 0 Å². The molecule has 0 radical (unpaired) electrons. The quantitative estimate of drug-likeness (QED) is 0.770. The molecule has 0 bridgehead atoms. The van der Waals surface area contributed by atoms with E-state index in [1.54, 1.807) is 19.4 Å². The van der Waals surface area contributed by atoms with E-state index in [4.69, 9.17) is 4.74 Å². The molecule has 92 valence electrons. The normalized spacial score (nSPS) is 9.25. The first-order valence-electron chi connectivity index (χ1n) is 5.61. The summed E-state index contributed by atoms with van der Waals surface area (Å²) in [6, 6.07) is 0. The second-order valence-corrected chi connectivity index (χ2v) is 2.82. The van der Waals surface area contributed by atoms with Crippen LogP contribution in [0.3, 0.4) is 0 Å². The first kappa shape index (κ1) is 14.6. The minimum absolute atomic E-state index is 0.364. The molecule has 0 aliphatic rings. The van der Waals surface area contributed by atoms with E-state index in [-0.39, 0.29) is 5.97 Å². The van der Waals surface area contributed by atoms with Crippen molar-refractivity contribution in [3.8, 4) is 0 Å². The van der Waals surface area contributed by atoms with E-state index in [1.165, 1.54) is 0 Å². The summed E-state index contributed by atoms with van der Waals surface area (Å²) >= 11 is 0. The summed E-state index contributed by atoms with van der Waals surface area (Å²) in [7, 11) is 1.88. The van der Waals surface area contributed by atoms with Crippen LogP contribution < -0.4 is 5.32 Å². The number of likely N-dealkylation sites (N-methyl/N-ethyl adjacent to an activating group) is 1. The fourth-order valence-electron chi connectivity index (χ4n) is 1.03. The number of nitrogens with zero attached hydrogens (tertiary/aromatic N) is 2. The minimum atomic E-state index is -0.365. The van der Waals surface area contributed by atoms with Crippen molar-refractivity contribution < 1.29 is 9.53 Å². The van der Waals surface area contributed by atoms with Crippen molar-refractivity contribution in [2.45, 2.75) is 27.3 Å². The number of ether oxygens (including phenoxy) is 1. The molecule has 0 spiro atoms. The molecule has 5 heteroatoms. The first-order valence-corrected chi connectivity index (χ1v) is 5.61. The van der Waals surface area contributed by atoms with E-state index in [0.29, 0.717) is 12.3 Å². The Bertz CT molecular complexity index is 297. The highest BCUT2D eigenvalue weighted by Gasteiger charge is 2.09. The van der Waals surface area contributed by atoms with Gasteiger partial charge in [0.1, 0.15) is 0 Å². The maximum absolute atomic E-state index is 11.2. The van der Waals surface area contributed by atoms with Gasteiger partial charge in [0.15, 0.2) is 5.69 Å². The lowest BCUT2D eigenvalue weighted by Crippen LogP contribution is -2.13. The molecule has 1 heterocycles. The number of aromatic nitrogens is 2. The van der Waals surface area contributed by atoms with Gasteiger partial charge in [-0.25, -0.2) is 9.78 Å². The fraction of sp³-hybridized carbons (Fsp3) is 0.636. The summed E-state index contributed by atoms with van der Waals surface area (Å²) in [5, 5.41) is 3.02. The van der Waals surface area contributed by atoms with Crippen molar-refractivity contribution in [2.75, 3.05) is 20.2 Å². The van der Waals surface area contributed by atoms with Crippen LogP contribution in [0.1, 0.15) is 31.3 Å². The molecule has 0 saturated carbocycles. The number of carbonyl (C=O) groups excluding carboxylic acids is 1. The summed E-state index contributed by atoms with van der Waals surface area (Å²) in [4.78, 5) is 15.2. The highest BCUT2D eigenvalue weighted by atomic mass is 16.5. The predicted octanol–water partition coefficient (Wildman–Crippen LogP) is 1.31. The van der Waals surface area contributed by atoms with Crippen LogP contribution in [0.2, 0.25) is 0 Å². The van der Waals surface area contributed by atoms with Crippen molar-refractivity contribution in [3.63, 3.8) is 0 Å². The molecule has 0 aromatic carbocycles. The molecule has 0 fully saturated rings. The van der Waals surface area contributed by atoms with Crippen LogP contribution in [-0.4, -0.2) is 35.7 Å². The van der Waals surface area contributed by atoms with Gasteiger partial charge in [0.2, 0.25) is 0 Å². The van der Waals surface area contributed by atoms with Gasteiger partial charge in [-0.3, -0.25) is 0 Å². The Kier molecular flexibility index (Phi) is 8.15. The van der Waals surface area contributed by atoms with Crippen LogP contribution in [0.15, 0.2) is 12.5 Å². The van der Waals surface area contributed by atoms with Crippen molar-refractivity contribution in [3.05, 3.63) is 18.2 Å². The second-order valence-electron chi connectivity index (χ2n) is 2.82. The highest BCUT2D eigenvalue weighted by molar-refractivity contribution is 5.86. The van der Waals surface area contributed by atoms with E-state index in [0.717, 1.165) is 13.1 Å².